The fourth-order valence-electron chi connectivity index (χ4n) is 7.41. The van der Waals surface area contributed by atoms with Crippen LogP contribution in [0.15, 0.2) is 28.4 Å². The normalized spacial score (nSPS) is 43.8. The lowest BCUT2D eigenvalue weighted by Crippen LogP contribution is -2.45. The molecule has 1 saturated heterocycles. The maximum absolute atomic E-state index is 12.0. The van der Waals surface area contributed by atoms with Gasteiger partial charge in [0.1, 0.15) is 11.4 Å². The minimum atomic E-state index is -0.544. The number of hydrogen-bond acceptors (Lipinski definition) is 4. The summed E-state index contributed by atoms with van der Waals surface area (Å²) in [5.74, 6) is 1.76. The van der Waals surface area contributed by atoms with Crippen molar-refractivity contribution < 1.29 is 18.7 Å². The van der Waals surface area contributed by atoms with Crippen molar-refractivity contribution >= 4 is 12.0 Å². The maximum Gasteiger partial charge on any atom is 0.303 e. The van der Waals surface area contributed by atoms with Crippen molar-refractivity contribution in [2.24, 2.45) is 17.3 Å². The zero-order valence-electron chi connectivity index (χ0n) is 19.8. The van der Waals surface area contributed by atoms with Crippen LogP contribution in [0.25, 0.3) is 6.08 Å². The Balaban J connectivity index is 1.56. The summed E-state index contributed by atoms with van der Waals surface area (Å²) >= 11 is 0. The number of esters is 1. The molecule has 1 aliphatic heterocycles. The average molecular weight is 425 g/mol. The van der Waals surface area contributed by atoms with E-state index in [2.05, 4.69) is 52.8 Å². The van der Waals surface area contributed by atoms with Gasteiger partial charge in [0.05, 0.1) is 18.0 Å². The fraction of sp³-hybridized carbons (Fsp3) is 0.667. The second-order valence-electron chi connectivity index (χ2n) is 11.4. The van der Waals surface area contributed by atoms with Gasteiger partial charge in [-0.3, -0.25) is 4.79 Å². The molecule has 4 heteroatoms. The summed E-state index contributed by atoms with van der Waals surface area (Å²) in [6.45, 7) is 12.7. The zero-order chi connectivity index (χ0) is 22.2. The molecule has 168 valence electrons. The average Bonchev–Trinajstić information content (AvgIpc) is 3.30. The highest BCUT2D eigenvalue weighted by Gasteiger charge is 2.62. The number of fused-ring (bicyclic) bond motifs is 2. The maximum atomic E-state index is 12.0. The summed E-state index contributed by atoms with van der Waals surface area (Å²) in [6, 6.07) is 0. The number of carbonyl (C=O) groups is 1. The van der Waals surface area contributed by atoms with Crippen molar-refractivity contribution in [2.75, 3.05) is 0 Å². The van der Waals surface area contributed by atoms with E-state index in [1.54, 1.807) is 0 Å². The monoisotopic (exact) mass is 424 g/mol. The largest absolute Gasteiger partial charge is 0.468 e. The molecule has 0 unspecified atom stereocenters. The van der Waals surface area contributed by atoms with E-state index in [0.717, 1.165) is 37.0 Å². The summed E-state index contributed by atoms with van der Waals surface area (Å²) in [7, 11) is 0. The van der Waals surface area contributed by atoms with E-state index < -0.39 is 5.60 Å². The van der Waals surface area contributed by atoms with E-state index >= 15 is 0 Å². The van der Waals surface area contributed by atoms with Gasteiger partial charge in [0, 0.05) is 36.3 Å². The summed E-state index contributed by atoms with van der Waals surface area (Å²) in [6.07, 6.45) is 14.0. The Bertz CT molecular complexity index is 966. The van der Waals surface area contributed by atoms with Gasteiger partial charge < -0.3 is 13.9 Å². The zero-order valence-corrected chi connectivity index (χ0v) is 19.8. The number of furan rings is 1. The molecule has 1 saturated carbocycles. The van der Waals surface area contributed by atoms with Gasteiger partial charge in [0.2, 0.25) is 0 Å². The van der Waals surface area contributed by atoms with E-state index in [4.69, 9.17) is 13.9 Å². The molecule has 1 spiro atoms. The molecule has 1 aromatic rings. The Morgan fingerprint density at radius 1 is 1.23 bits per heavy atom. The molecule has 0 N–H and O–H groups in total. The highest BCUT2D eigenvalue weighted by molar-refractivity contribution is 5.67. The van der Waals surface area contributed by atoms with Crippen LogP contribution in [0.2, 0.25) is 0 Å². The van der Waals surface area contributed by atoms with E-state index in [9.17, 15) is 4.79 Å². The first-order chi connectivity index (χ1) is 14.6. The summed E-state index contributed by atoms with van der Waals surface area (Å²) in [5, 5.41) is 0. The summed E-state index contributed by atoms with van der Waals surface area (Å²) in [5.41, 5.74) is 3.14. The Hall–Kier alpha value is -1.81. The molecule has 0 radical (unpaired) electrons. The quantitative estimate of drug-likeness (QED) is 0.419. The molecular formula is C27H36O4. The van der Waals surface area contributed by atoms with Gasteiger partial charge in [-0.05, 0) is 57.8 Å². The van der Waals surface area contributed by atoms with Crippen LogP contribution in [0.4, 0.5) is 0 Å². The minimum Gasteiger partial charge on any atom is -0.468 e. The molecule has 1 aromatic heterocycles. The topological polar surface area (TPSA) is 48.7 Å². The number of carbonyl (C=O) groups excluding carboxylic acids is 1. The lowest BCUT2D eigenvalue weighted by molar-refractivity contribution is -0.158. The van der Waals surface area contributed by atoms with Gasteiger partial charge in [0.25, 0.3) is 0 Å². The van der Waals surface area contributed by atoms with Crippen LogP contribution in [-0.2, 0) is 20.7 Å². The molecule has 0 amide bonds. The SMILES string of the molecule is CC(=O)O[C@]1(C)Cc2occ3c2[C@@H]1C[C@@]1(C)CC[C@@]2(O[C@@H](C=C(C)C)C[C@@H]2C)[C@@H]1/C=C\3. The van der Waals surface area contributed by atoms with Gasteiger partial charge in [-0.1, -0.05) is 37.6 Å². The van der Waals surface area contributed by atoms with E-state index in [1.807, 2.05) is 6.26 Å². The molecule has 2 fully saturated rings. The Labute approximate surface area is 186 Å². The number of ether oxygens (including phenoxy) is 2. The van der Waals surface area contributed by atoms with Gasteiger partial charge in [-0.25, -0.2) is 0 Å². The number of hydrogen-bond donors (Lipinski definition) is 0. The molecule has 5 rings (SSSR count). The Morgan fingerprint density at radius 3 is 2.71 bits per heavy atom. The van der Waals surface area contributed by atoms with Crippen LogP contribution in [0.5, 0.6) is 0 Å². The molecular weight excluding hydrogens is 388 g/mol. The number of rotatable bonds is 2. The van der Waals surface area contributed by atoms with Crippen molar-refractivity contribution in [1.82, 2.24) is 0 Å². The van der Waals surface area contributed by atoms with Crippen LogP contribution >= 0.6 is 0 Å². The van der Waals surface area contributed by atoms with Gasteiger partial charge >= 0.3 is 5.97 Å². The van der Waals surface area contributed by atoms with Crippen molar-refractivity contribution in [3.05, 3.63) is 40.9 Å². The number of allylic oxidation sites excluding steroid dienone is 1. The molecule has 0 bridgehead atoms. The molecule has 4 nitrogen and oxygen atoms in total. The first-order valence-corrected chi connectivity index (χ1v) is 11.9. The van der Waals surface area contributed by atoms with Crippen LogP contribution in [-0.4, -0.2) is 23.3 Å². The Morgan fingerprint density at radius 2 is 2.00 bits per heavy atom. The van der Waals surface area contributed by atoms with Crippen molar-refractivity contribution in [1.29, 1.82) is 0 Å². The van der Waals surface area contributed by atoms with E-state index in [1.165, 1.54) is 18.1 Å². The molecule has 3 aliphatic carbocycles. The third-order valence-electron chi connectivity index (χ3n) is 8.73. The summed E-state index contributed by atoms with van der Waals surface area (Å²) in [4.78, 5) is 12.0. The highest BCUT2D eigenvalue weighted by atomic mass is 16.6. The lowest BCUT2D eigenvalue weighted by Gasteiger charge is -2.44. The third-order valence-corrected chi connectivity index (χ3v) is 8.73. The van der Waals surface area contributed by atoms with Crippen molar-refractivity contribution in [3.63, 3.8) is 0 Å². The second-order valence-corrected chi connectivity index (χ2v) is 11.4. The first kappa shape index (κ1) is 21.1. The van der Waals surface area contributed by atoms with Crippen LogP contribution in [0, 0.1) is 17.3 Å². The molecule has 7 atom stereocenters. The fourth-order valence-corrected chi connectivity index (χ4v) is 7.41. The lowest BCUT2D eigenvalue weighted by atomic mass is 9.64. The minimum absolute atomic E-state index is 0.0905. The third kappa shape index (κ3) is 3.08. The van der Waals surface area contributed by atoms with Crippen LogP contribution in [0.3, 0.4) is 0 Å². The molecule has 4 aliphatic rings. The van der Waals surface area contributed by atoms with Gasteiger partial charge in [-0.15, -0.1) is 0 Å². The van der Waals surface area contributed by atoms with Crippen LogP contribution in [0.1, 0.15) is 90.0 Å². The van der Waals surface area contributed by atoms with Gasteiger partial charge in [0.15, 0.2) is 0 Å². The standard InChI is InChI=1S/C27H36O4/c1-16(2)11-20-12-17(3)27(31-20)10-9-25(5)13-21-24-19(7-8-23(25)27)15-29-22(24)14-26(21,6)30-18(4)28/h7-8,11,15,17,20-21,23H,9-10,12-14H2,1-6H3/b8-7-/t17-,20-,21-,23+,25+,26+,27-/m0/s1. The van der Waals surface area contributed by atoms with E-state index in [-0.39, 0.29) is 29.0 Å². The molecule has 0 aromatic carbocycles. The molecule has 31 heavy (non-hydrogen) atoms. The Kier molecular flexibility index (Phi) is 4.65. The highest BCUT2D eigenvalue weighted by Crippen LogP contribution is 2.64. The summed E-state index contributed by atoms with van der Waals surface area (Å²) < 4.78 is 18.8. The van der Waals surface area contributed by atoms with Crippen molar-refractivity contribution in [3.8, 4) is 0 Å². The second kappa shape index (κ2) is 6.84. The first-order valence-electron chi connectivity index (χ1n) is 11.9. The van der Waals surface area contributed by atoms with Crippen molar-refractivity contribution in [2.45, 2.75) is 96.9 Å². The van der Waals surface area contributed by atoms with E-state index in [0.29, 0.717) is 18.3 Å². The predicted octanol–water partition coefficient (Wildman–Crippen LogP) is 6.20. The van der Waals surface area contributed by atoms with Gasteiger partial charge in [-0.2, -0.15) is 0 Å². The van der Waals surface area contributed by atoms with Crippen LogP contribution < -0.4 is 0 Å². The molecule has 2 heterocycles. The smallest absolute Gasteiger partial charge is 0.303 e. The predicted molar refractivity (Wildman–Crippen MR) is 121 cm³/mol.